The molecule has 6 nitrogen and oxygen atoms in total. The highest BCUT2D eigenvalue weighted by Gasteiger charge is 2.18. The van der Waals surface area contributed by atoms with Crippen molar-refractivity contribution < 1.29 is 14.1 Å². The van der Waals surface area contributed by atoms with Gasteiger partial charge in [0.2, 0.25) is 0 Å². The molecule has 0 aliphatic rings. The fourth-order valence-corrected chi connectivity index (χ4v) is 2.53. The number of nitrogens with one attached hydrogen (secondary N) is 1. The van der Waals surface area contributed by atoms with E-state index >= 15 is 0 Å². The molecule has 0 fully saturated rings. The molecule has 1 amide bonds. The van der Waals surface area contributed by atoms with Crippen LogP contribution in [0, 0.1) is 13.8 Å². The molecule has 0 bridgehead atoms. The van der Waals surface area contributed by atoms with Crippen LogP contribution in [0.15, 0.2) is 47.0 Å². The highest BCUT2D eigenvalue weighted by atomic mass is 35.5. The van der Waals surface area contributed by atoms with E-state index in [9.17, 15) is 4.79 Å². The first-order valence-electron chi connectivity index (χ1n) is 8.07. The molecule has 0 radical (unpaired) electrons. The van der Waals surface area contributed by atoms with Gasteiger partial charge >= 0.3 is 0 Å². The van der Waals surface area contributed by atoms with Crippen LogP contribution in [0.2, 0.25) is 5.02 Å². The normalized spacial score (nSPS) is 11.8. The van der Waals surface area contributed by atoms with E-state index in [-0.39, 0.29) is 11.9 Å². The van der Waals surface area contributed by atoms with Gasteiger partial charge in [0, 0.05) is 10.6 Å². The maximum atomic E-state index is 12.3. The summed E-state index contributed by atoms with van der Waals surface area (Å²) in [5.74, 6) is 0.618. The smallest absolute Gasteiger partial charge is 0.270 e. The molecule has 3 rings (SSSR count). The fraction of sp³-hybridized carbons (Fsp3) is 0.211. The molecule has 2 aromatic carbocycles. The molecule has 26 heavy (non-hydrogen) atoms. The van der Waals surface area contributed by atoms with Gasteiger partial charge in [0.15, 0.2) is 6.10 Å². The Balaban J connectivity index is 1.66. The van der Waals surface area contributed by atoms with E-state index in [1.165, 1.54) is 0 Å². The second kappa shape index (κ2) is 7.58. The van der Waals surface area contributed by atoms with Crippen LogP contribution in [-0.2, 0) is 4.79 Å². The average Bonchev–Trinajstić information content (AvgIpc) is 3.08. The lowest BCUT2D eigenvalue weighted by Gasteiger charge is -2.15. The van der Waals surface area contributed by atoms with Gasteiger partial charge in [-0.25, -0.2) is 0 Å². The van der Waals surface area contributed by atoms with Gasteiger partial charge in [-0.2, -0.15) is 4.98 Å². The Labute approximate surface area is 156 Å². The molecule has 1 heterocycles. The lowest BCUT2D eigenvalue weighted by atomic mass is 10.1. The minimum atomic E-state index is -0.742. The van der Waals surface area contributed by atoms with E-state index < -0.39 is 6.10 Å². The number of aromatic nitrogens is 2. The Kier molecular flexibility index (Phi) is 5.23. The highest BCUT2D eigenvalue weighted by Crippen LogP contribution is 2.26. The number of nitrogens with zero attached hydrogens (tertiary/aromatic N) is 2. The number of amides is 1. The summed E-state index contributed by atoms with van der Waals surface area (Å²) in [6, 6.07) is 12.9. The average molecular weight is 372 g/mol. The summed E-state index contributed by atoms with van der Waals surface area (Å²) in [6.45, 7) is 5.42. The van der Waals surface area contributed by atoms with Crippen LogP contribution >= 0.6 is 11.6 Å². The number of hydrogen-bond acceptors (Lipinski definition) is 5. The second-order valence-corrected chi connectivity index (χ2v) is 6.29. The molecule has 1 N–H and O–H groups in total. The number of anilines is 1. The maximum Gasteiger partial charge on any atom is 0.270 e. The van der Waals surface area contributed by atoms with Crippen molar-refractivity contribution in [2.75, 3.05) is 5.32 Å². The van der Waals surface area contributed by atoms with E-state index in [4.69, 9.17) is 20.9 Å². The third-order valence-electron chi connectivity index (χ3n) is 3.77. The van der Waals surface area contributed by atoms with E-state index in [0.717, 1.165) is 16.7 Å². The van der Waals surface area contributed by atoms with Crippen molar-refractivity contribution in [1.82, 2.24) is 10.1 Å². The van der Waals surface area contributed by atoms with E-state index in [2.05, 4.69) is 15.5 Å². The summed E-state index contributed by atoms with van der Waals surface area (Å²) < 4.78 is 10.9. The Morgan fingerprint density at radius 1 is 1.19 bits per heavy atom. The van der Waals surface area contributed by atoms with Gasteiger partial charge in [-0.1, -0.05) is 29.8 Å². The second-order valence-electron chi connectivity index (χ2n) is 5.91. The topological polar surface area (TPSA) is 77.2 Å². The van der Waals surface area contributed by atoms with Crippen LogP contribution < -0.4 is 10.1 Å². The Morgan fingerprint density at radius 3 is 2.50 bits per heavy atom. The lowest BCUT2D eigenvalue weighted by Crippen LogP contribution is -2.30. The molecule has 1 atom stereocenters. The molecule has 3 aromatic rings. The van der Waals surface area contributed by atoms with E-state index in [1.807, 2.05) is 44.2 Å². The van der Waals surface area contributed by atoms with E-state index in [0.29, 0.717) is 16.7 Å². The third-order valence-corrected chi connectivity index (χ3v) is 4.37. The van der Waals surface area contributed by atoms with Crippen LogP contribution in [0.25, 0.3) is 11.5 Å². The van der Waals surface area contributed by atoms with Gasteiger partial charge in [0.25, 0.3) is 17.7 Å². The zero-order chi connectivity index (χ0) is 18.7. The molecule has 0 unspecified atom stereocenters. The van der Waals surface area contributed by atoms with Crippen molar-refractivity contribution in [3.63, 3.8) is 0 Å². The van der Waals surface area contributed by atoms with Crippen molar-refractivity contribution >= 4 is 23.5 Å². The first kappa shape index (κ1) is 17.9. The number of carbonyl (C=O) groups is 1. The molecular weight excluding hydrogens is 354 g/mol. The molecule has 1 aromatic heterocycles. The standard InChI is InChI=1S/C19H18ClN3O3/c1-11-9-15(10-12(2)16(11)20)25-13(3)17(24)21-19-22-18(26-23-19)14-7-5-4-6-8-14/h4-10,13H,1-3H3,(H,21,23,24)/t13-/m0/s1. The van der Waals surface area contributed by atoms with Crippen molar-refractivity contribution in [2.45, 2.75) is 26.9 Å². The fourth-order valence-electron chi connectivity index (χ4n) is 2.42. The van der Waals surface area contributed by atoms with Gasteiger partial charge in [-0.05, 0) is 61.3 Å². The monoisotopic (exact) mass is 371 g/mol. The van der Waals surface area contributed by atoms with Crippen LogP contribution in [-0.4, -0.2) is 22.2 Å². The minimum absolute atomic E-state index is 0.0905. The molecule has 0 saturated carbocycles. The van der Waals surface area contributed by atoms with Crippen molar-refractivity contribution in [1.29, 1.82) is 0 Å². The summed E-state index contributed by atoms with van der Waals surface area (Å²) in [5.41, 5.74) is 2.55. The largest absolute Gasteiger partial charge is 0.481 e. The molecule has 0 saturated heterocycles. The highest BCUT2D eigenvalue weighted by molar-refractivity contribution is 6.32. The van der Waals surface area contributed by atoms with Crippen LogP contribution in [0.5, 0.6) is 5.75 Å². The first-order chi connectivity index (χ1) is 12.4. The summed E-state index contributed by atoms with van der Waals surface area (Å²) in [6.07, 6.45) is -0.742. The van der Waals surface area contributed by atoms with Crippen molar-refractivity contribution in [3.05, 3.63) is 58.6 Å². The Hall–Kier alpha value is -2.86. The van der Waals surface area contributed by atoms with Crippen LogP contribution in [0.3, 0.4) is 0 Å². The minimum Gasteiger partial charge on any atom is -0.481 e. The zero-order valence-corrected chi connectivity index (χ0v) is 15.4. The van der Waals surface area contributed by atoms with Gasteiger partial charge in [-0.3, -0.25) is 10.1 Å². The Morgan fingerprint density at radius 2 is 1.85 bits per heavy atom. The van der Waals surface area contributed by atoms with Crippen LogP contribution in [0.4, 0.5) is 5.95 Å². The number of rotatable bonds is 5. The van der Waals surface area contributed by atoms with Gasteiger partial charge < -0.3 is 9.26 Å². The molecule has 0 spiro atoms. The number of halogens is 1. The number of carbonyl (C=O) groups excluding carboxylic acids is 1. The number of benzene rings is 2. The Bertz CT molecular complexity index is 902. The summed E-state index contributed by atoms with van der Waals surface area (Å²) >= 11 is 6.15. The maximum absolute atomic E-state index is 12.3. The summed E-state index contributed by atoms with van der Waals surface area (Å²) in [7, 11) is 0. The molecular formula is C19H18ClN3O3. The lowest BCUT2D eigenvalue weighted by molar-refractivity contribution is -0.122. The number of hydrogen-bond donors (Lipinski definition) is 1. The molecule has 0 aliphatic carbocycles. The predicted octanol–water partition coefficient (Wildman–Crippen LogP) is 4.41. The van der Waals surface area contributed by atoms with Crippen molar-refractivity contribution in [2.24, 2.45) is 0 Å². The number of ether oxygens (including phenoxy) is 1. The van der Waals surface area contributed by atoms with Crippen molar-refractivity contribution in [3.8, 4) is 17.2 Å². The van der Waals surface area contributed by atoms with Crippen LogP contribution in [0.1, 0.15) is 18.1 Å². The molecule has 0 aliphatic heterocycles. The third kappa shape index (κ3) is 4.03. The first-order valence-corrected chi connectivity index (χ1v) is 8.45. The quantitative estimate of drug-likeness (QED) is 0.718. The number of aryl methyl sites for hydroxylation is 2. The summed E-state index contributed by atoms with van der Waals surface area (Å²) in [4.78, 5) is 16.5. The van der Waals surface area contributed by atoms with E-state index in [1.54, 1.807) is 19.1 Å². The molecule has 7 heteroatoms. The van der Waals surface area contributed by atoms with Gasteiger partial charge in [0.1, 0.15) is 5.75 Å². The van der Waals surface area contributed by atoms with Gasteiger partial charge in [0.05, 0.1) is 0 Å². The zero-order valence-electron chi connectivity index (χ0n) is 14.6. The van der Waals surface area contributed by atoms with Gasteiger partial charge in [-0.15, -0.1) is 0 Å². The molecule has 134 valence electrons. The summed E-state index contributed by atoms with van der Waals surface area (Å²) in [5, 5.41) is 7.05. The predicted molar refractivity (Wildman–Crippen MR) is 99.4 cm³/mol. The SMILES string of the molecule is Cc1cc(O[C@@H](C)C(=O)Nc2noc(-c3ccccc3)n2)cc(C)c1Cl.